The number of hydrogen-bond acceptors (Lipinski definition) is 3. The summed E-state index contributed by atoms with van der Waals surface area (Å²) in [7, 11) is -0.395. The van der Waals surface area contributed by atoms with Crippen LogP contribution in [-0.2, 0) is 20.5 Å². The lowest BCUT2D eigenvalue weighted by Crippen LogP contribution is -2.41. The number of rotatable bonds is 1. The Kier molecular flexibility index (Phi) is 3.61. The molecule has 4 nitrogen and oxygen atoms in total. The zero-order valence-electron chi connectivity index (χ0n) is 14.0. The summed E-state index contributed by atoms with van der Waals surface area (Å²) in [6.45, 7) is 10.1. The fourth-order valence-corrected chi connectivity index (χ4v) is 2.81. The second-order valence-corrected chi connectivity index (χ2v) is 7.43. The first-order valence-corrected chi connectivity index (χ1v) is 7.99. The van der Waals surface area contributed by atoms with E-state index in [9.17, 15) is 4.79 Å². The van der Waals surface area contributed by atoms with Gasteiger partial charge in [-0.2, -0.15) is 0 Å². The van der Waals surface area contributed by atoms with Crippen LogP contribution in [0.5, 0.6) is 0 Å². The third-order valence-electron chi connectivity index (χ3n) is 5.21. The van der Waals surface area contributed by atoms with Gasteiger partial charge in [0.05, 0.1) is 11.2 Å². The Morgan fingerprint density at radius 1 is 1.18 bits per heavy atom. The number of fused-ring (bicyclic) bond motifs is 1. The summed E-state index contributed by atoms with van der Waals surface area (Å²) in [6, 6.07) is 6.12. The number of benzene rings is 1. The second-order valence-electron chi connectivity index (χ2n) is 7.43. The van der Waals surface area contributed by atoms with E-state index in [1.165, 1.54) is 5.56 Å². The van der Waals surface area contributed by atoms with Gasteiger partial charge in [0.1, 0.15) is 0 Å². The molecule has 2 aliphatic heterocycles. The van der Waals surface area contributed by atoms with Crippen LogP contribution in [-0.4, -0.2) is 24.2 Å². The molecule has 0 bridgehead atoms. The van der Waals surface area contributed by atoms with Crippen LogP contribution in [0.1, 0.15) is 46.6 Å². The second kappa shape index (κ2) is 5.10. The summed E-state index contributed by atoms with van der Waals surface area (Å²) < 4.78 is 12.2. The van der Waals surface area contributed by atoms with Crippen molar-refractivity contribution in [1.29, 1.82) is 0 Å². The molecule has 2 heterocycles. The Labute approximate surface area is 132 Å². The Bertz CT molecular complexity index is 596. The van der Waals surface area contributed by atoms with Crippen LogP contribution in [0.2, 0.25) is 0 Å². The third-order valence-corrected chi connectivity index (χ3v) is 5.21. The predicted molar refractivity (Wildman–Crippen MR) is 88.3 cm³/mol. The van der Waals surface area contributed by atoms with Gasteiger partial charge in [-0.1, -0.05) is 19.1 Å². The summed E-state index contributed by atoms with van der Waals surface area (Å²) in [5, 5.41) is 3.03. The molecular weight excluding hydrogens is 277 g/mol. The highest BCUT2D eigenvalue weighted by Gasteiger charge is 2.51. The number of aryl methyl sites for hydroxylation is 1. The van der Waals surface area contributed by atoms with Crippen molar-refractivity contribution in [3.05, 3.63) is 23.8 Å². The van der Waals surface area contributed by atoms with Crippen molar-refractivity contribution in [2.24, 2.45) is 5.92 Å². The molecule has 1 saturated heterocycles. The van der Waals surface area contributed by atoms with Crippen molar-refractivity contribution in [2.45, 2.75) is 58.7 Å². The maximum atomic E-state index is 12.0. The minimum atomic E-state index is -0.395. The molecule has 1 aromatic carbocycles. The monoisotopic (exact) mass is 301 g/mol. The summed E-state index contributed by atoms with van der Waals surface area (Å²) in [5.74, 6) is 0.137. The maximum absolute atomic E-state index is 12.0. The van der Waals surface area contributed by atoms with Gasteiger partial charge in [-0.25, -0.2) is 0 Å². The smallest absolute Gasteiger partial charge is 0.399 e. The van der Waals surface area contributed by atoms with E-state index in [0.29, 0.717) is 0 Å². The van der Waals surface area contributed by atoms with E-state index in [-0.39, 0.29) is 23.0 Å². The number of anilines is 1. The summed E-state index contributed by atoms with van der Waals surface area (Å²) >= 11 is 0. The van der Waals surface area contributed by atoms with Gasteiger partial charge in [-0.05, 0) is 57.6 Å². The third kappa shape index (κ3) is 2.57. The zero-order valence-corrected chi connectivity index (χ0v) is 14.0. The summed E-state index contributed by atoms with van der Waals surface area (Å²) in [4.78, 5) is 12.0. The molecular formula is C17H24BNO3. The molecule has 0 aliphatic carbocycles. The Hall–Kier alpha value is -1.33. The van der Waals surface area contributed by atoms with Crippen LogP contribution in [0, 0.1) is 5.92 Å². The molecule has 1 amide bonds. The number of carbonyl (C=O) groups is 1. The Morgan fingerprint density at radius 2 is 1.82 bits per heavy atom. The number of hydrogen-bond donors (Lipinski definition) is 1. The van der Waals surface area contributed by atoms with Gasteiger partial charge in [-0.3, -0.25) is 4.79 Å². The van der Waals surface area contributed by atoms with E-state index in [1.54, 1.807) is 0 Å². The van der Waals surface area contributed by atoms with Gasteiger partial charge < -0.3 is 14.6 Å². The van der Waals surface area contributed by atoms with Crippen LogP contribution >= 0.6 is 0 Å². The van der Waals surface area contributed by atoms with Crippen LogP contribution in [0.15, 0.2) is 18.2 Å². The standard InChI is InChI=1S/C17H24BNO3/c1-11-6-7-12-8-9-13(10-14(12)19-15(11)20)18-21-16(2,3)17(4,5)22-18/h8-11H,6-7H2,1-5H3,(H,19,20)/t11-/m0/s1. The highest BCUT2D eigenvalue weighted by Crippen LogP contribution is 2.36. The normalized spacial score (nSPS) is 26.3. The quantitative estimate of drug-likeness (QED) is 0.811. The van der Waals surface area contributed by atoms with Crippen molar-refractivity contribution in [2.75, 3.05) is 5.32 Å². The van der Waals surface area contributed by atoms with Crippen molar-refractivity contribution in [3.63, 3.8) is 0 Å². The van der Waals surface area contributed by atoms with E-state index < -0.39 is 7.12 Å². The average molecular weight is 301 g/mol. The van der Waals surface area contributed by atoms with Gasteiger partial charge in [0.15, 0.2) is 0 Å². The Balaban J connectivity index is 1.89. The molecule has 0 radical (unpaired) electrons. The van der Waals surface area contributed by atoms with E-state index >= 15 is 0 Å². The topological polar surface area (TPSA) is 47.6 Å². The number of nitrogens with one attached hydrogen (secondary N) is 1. The highest BCUT2D eigenvalue weighted by molar-refractivity contribution is 6.62. The predicted octanol–water partition coefficient (Wildman–Crippen LogP) is 2.51. The van der Waals surface area contributed by atoms with E-state index in [2.05, 4.69) is 11.4 Å². The van der Waals surface area contributed by atoms with Crippen molar-refractivity contribution in [1.82, 2.24) is 0 Å². The minimum Gasteiger partial charge on any atom is -0.399 e. The largest absolute Gasteiger partial charge is 0.494 e. The van der Waals surface area contributed by atoms with Gasteiger partial charge in [0, 0.05) is 11.6 Å². The van der Waals surface area contributed by atoms with Crippen molar-refractivity contribution < 1.29 is 14.1 Å². The molecule has 0 unspecified atom stereocenters. The molecule has 1 N–H and O–H groups in total. The lowest BCUT2D eigenvalue weighted by Gasteiger charge is -2.32. The van der Waals surface area contributed by atoms with Gasteiger partial charge in [-0.15, -0.1) is 0 Å². The van der Waals surface area contributed by atoms with E-state index in [1.807, 2.05) is 46.8 Å². The lowest BCUT2D eigenvalue weighted by molar-refractivity contribution is -0.119. The minimum absolute atomic E-state index is 0.0488. The first-order chi connectivity index (χ1) is 10.2. The molecule has 5 heteroatoms. The maximum Gasteiger partial charge on any atom is 0.494 e. The fraction of sp³-hybridized carbons (Fsp3) is 0.588. The van der Waals surface area contributed by atoms with Crippen LogP contribution < -0.4 is 10.8 Å². The van der Waals surface area contributed by atoms with Crippen LogP contribution in [0.4, 0.5) is 5.69 Å². The lowest BCUT2D eigenvalue weighted by atomic mass is 9.78. The van der Waals surface area contributed by atoms with Crippen LogP contribution in [0.25, 0.3) is 0 Å². The fourth-order valence-electron chi connectivity index (χ4n) is 2.81. The molecule has 0 saturated carbocycles. The zero-order chi connectivity index (χ0) is 16.1. The average Bonchev–Trinajstić information content (AvgIpc) is 2.55. The molecule has 1 fully saturated rings. The molecule has 3 rings (SSSR count). The molecule has 0 aromatic heterocycles. The van der Waals surface area contributed by atoms with Gasteiger partial charge >= 0.3 is 7.12 Å². The molecule has 118 valence electrons. The summed E-state index contributed by atoms with van der Waals surface area (Å²) in [5.41, 5.74) is 2.30. The highest BCUT2D eigenvalue weighted by atomic mass is 16.7. The van der Waals surface area contributed by atoms with E-state index in [4.69, 9.17) is 9.31 Å². The van der Waals surface area contributed by atoms with Gasteiger partial charge in [0.25, 0.3) is 0 Å². The van der Waals surface area contributed by atoms with E-state index in [0.717, 1.165) is 24.0 Å². The first-order valence-electron chi connectivity index (χ1n) is 7.99. The van der Waals surface area contributed by atoms with Gasteiger partial charge in [0.2, 0.25) is 5.91 Å². The first kappa shape index (κ1) is 15.6. The molecule has 22 heavy (non-hydrogen) atoms. The van der Waals surface area contributed by atoms with Crippen molar-refractivity contribution in [3.8, 4) is 0 Å². The molecule has 1 atom stereocenters. The SMILES string of the molecule is C[C@H]1CCc2ccc(B3OC(C)(C)C(C)(C)O3)cc2NC1=O. The van der Waals surface area contributed by atoms with Crippen molar-refractivity contribution >= 4 is 24.2 Å². The molecule has 0 spiro atoms. The molecule has 1 aromatic rings. The molecule has 2 aliphatic rings. The number of amides is 1. The van der Waals surface area contributed by atoms with Crippen LogP contribution in [0.3, 0.4) is 0 Å². The summed E-state index contributed by atoms with van der Waals surface area (Å²) in [6.07, 6.45) is 1.80. The number of carbonyl (C=O) groups excluding carboxylic acids is 1. The Morgan fingerprint density at radius 3 is 2.45 bits per heavy atom.